The van der Waals surface area contributed by atoms with Gasteiger partial charge in [0.15, 0.2) is 0 Å². The Morgan fingerprint density at radius 2 is 1.96 bits per heavy atom. The summed E-state index contributed by atoms with van der Waals surface area (Å²) in [5, 5.41) is 0. The van der Waals surface area contributed by atoms with Gasteiger partial charge in [-0.1, -0.05) is 42.5 Å². The first-order valence-electron chi connectivity index (χ1n) is 8.88. The molecule has 4 rings (SSSR count). The smallest absolute Gasteiger partial charge is 0.126 e. The maximum atomic E-state index is 5.73. The molecule has 0 radical (unpaired) electrons. The van der Waals surface area contributed by atoms with Gasteiger partial charge in [0, 0.05) is 13.1 Å². The Kier molecular flexibility index (Phi) is 5.00. The van der Waals surface area contributed by atoms with Crippen LogP contribution in [-0.4, -0.2) is 41.7 Å². The van der Waals surface area contributed by atoms with E-state index in [2.05, 4.69) is 39.1 Å². The molecule has 0 amide bonds. The highest BCUT2D eigenvalue weighted by Crippen LogP contribution is 2.26. The van der Waals surface area contributed by atoms with E-state index in [1.807, 2.05) is 36.5 Å². The summed E-state index contributed by atoms with van der Waals surface area (Å²) in [6.07, 6.45) is 1.91. The SMILES string of the molecule is COc1ccc(CN2CCOCC2c2ncc(-c3ccccc3)[nH]2)cc1. The second-order valence-corrected chi connectivity index (χ2v) is 6.46. The van der Waals surface area contributed by atoms with Crippen molar-refractivity contribution in [3.63, 3.8) is 0 Å². The number of aromatic amines is 1. The highest BCUT2D eigenvalue weighted by atomic mass is 16.5. The van der Waals surface area contributed by atoms with Crippen LogP contribution in [0.4, 0.5) is 0 Å². The van der Waals surface area contributed by atoms with Crippen LogP contribution in [-0.2, 0) is 11.3 Å². The van der Waals surface area contributed by atoms with E-state index in [9.17, 15) is 0 Å². The van der Waals surface area contributed by atoms with Gasteiger partial charge in [-0.15, -0.1) is 0 Å². The number of nitrogens with zero attached hydrogens (tertiary/aromatic N) is 2. The molecule has 1 saturated heterocycles. The topological polar surface area (TPSA) is 50.4 Å². The highest BCUT2D eigenvalue weighted by molar-refractivity contribution is 5.58. The summed E-state index contributed by atoms with van der Waals surface area (Å²) in [4.78, 5) is 10.5. The van der Waals surface area contributed by atoms with Crippen LogP contribution >= 0.6 is 0 Å². The summed E-state index contributed by atoms with van der Waals surface area (Å²) in [6, 6.07) is 18.6. The standard InChI is InChI=1S/C21H23N3O2/c1-25-18-9-7-16(8-10-18)14-24-11-12-26-15-20(24)21-22-13-19(23-21)17-5-3-2-4-6-17/h2-10,13,20H,11-12,14-15H2,1H3,(H,22,23). The summed E-state index contributed by atoms with van der Waals surface area (Å²) in [6.45, 7) is 3.15. The van der Waals surface area contributed by atoms with Gasteiger partial charge in [-0.3, -0.25) is 4.90 Å². The number of nitrogens with one attached hydrogen (secondary N) is 1. The summed E-state index contributed by atoms with van der Waals surface area (Å²) >= 11 is 0. The normalized spacial score (nSPS) is 18.0. The molecule has 2 aromatic carbocycles. The van der Waals surface area contributed by atoms with Crippen LogP contribution in [0.5, 0.6) is 5.75 Å². The van der Waals surface area contributed by atoms with E-state index in [1.54, 1.807) is 7.11 Å². The Morgan fingerprint density at radius 1 is 1.15 bits per heavy atom. The molecule has 3 aromatic rings. The molecular formula is C21H23N3O2. The summed E-state index contributed by atoms with van der Waals surface area (Å²) < 4.78 is 11.0. The maximum Gasteiger partial charge on any atom is 0.126 e. The van der Waals surface area contributed by atoms with Crippen LogP contribution in [0.1, 0.15) is 17.4 Å². The van der Waals surface area contributed by atoms with Crippen molar-refractivity contribution in [3.05, 3.63) is 72.2 Å². The Hall–Kier alpha value is -2.63. The first-order valence-corrected chi connectivity index (χ1v) is 8.88. The second-order valence-electron chi connectivity index (χ2n) is 6.46. The molecule has 26 heavy (non-hydrogen) atoms. The molecule has 5 heteroatoms. The fraction of sp³-hybridized carbons (Fsp3) is 0.286. The number of ether oxygens (including phenoxy) is 2. The first kappa shape index (κ1) is 16.8. The molecule has 1 aromatic heterocycles. The molecular weight excluding hydrogens is 326 g/mol. The van der Waals surface area contributed by atoms with E-state index in [0.717, 1.165) is 42.5 Å². The lowest BCUT2D eigenvalue weighted by Crippen LogP contribution is -2.39. The minimum atomic E-state index is 0.128. The fourth-order valence-corrected chi connectivity index (χ4v) is 3.31. The van der Waals surface area contributed by atoms with Gasteiger partial charge in [0.1, 0.15) is 11.6 Å². The predicted molar refractivity (Wildman–Crippen MR) is 101 cm³/mol. The molecule has 0 aliphatic carbocycles. The van der Waals surface area contributed by atoms with Crippen LogP contribution in [0.2, 0.25) is 0 Å². The zero-order valence-corrected chi connectivity index (χ0v) is 14.9. The first-order chi connectivity index (χ1) is 12.8. The molecule has 134 valence electrons. The largest absolute Gasteiger partial charge is 0.497 e. The third-order valence-electron chi connectivity index (χ3n) is 4.78. The average molecular weight is 349 g/mol. The molecule has 1 fully saturated rings. The van der Waals surface area contributed by atoms with Crippen molar-refractivity contribution in [3.8, 4) is 17.0 Å². The number of morpholine rings is 1. The molecule has 0 saturated carbocycles. The minimum absolute atomic E-state index is 0.128. The number of hydrogen-bond acceptors (Lipinski definition) is 4. The van der Waals surface area contributed by atoms with E-state index in [1.165, 1.54) is 5.56 Å². The quantitative estimate of drug-likeness (QED) is 0.764. The van der Waals surface area contributed by atoms with E-state index >= 15 is 0 Å². The van der Waals surface area contributed by atoms with E-state index in [4.69, 9.17) is 9.47 Å². The van der Waals surface area contributed by atoms with Crippen molar-refractivity contribution >= 4 is 0 Å². The van der Waals surface area contributed by atoms with Gasteiger partial charge in [-0.2, -0.15) is 0 Å². The van der Waals surface area contributed by atoms with Gasteiger partial charge in [0.2, 0.25) is 0 Å². The van der Waals surface area contributed by atoms with Crippen molar-refractivity contribution in [1.29, 1.82) is 0 Å². The molecule has 0 spiro atoms. The zero-order chi connectivity index (χ0) is 17.8. The van der Waals surface area contributed by atoms with Gasteiger partial charge in [0.05, 0.1) is 38.3 Å². The molecule has 1 unspecified atom stereocenters. The van der Waals surface area contributed by atoms with Crippen molar-refractivity contribution in [2.45, 2.75) is 12.6 Å². The van der Waals surface area contributed by atoms with Crippen LogP contribution in [0.15, 0.2) is 60.8 Å². The summed E-state index contributed by atoms with van der Waals surface area (Å²) in [5.41, 5.74) is 3.44. The van der Waals surface area contributed by atoms with Crippen molar-refractivity contribution < 1.29 is 9.47 Å². The van der Waals surface area contributed by atoms with Gasteiger partial charge in [-0.05, 0) is 23.3 Å². The average Bonchev–Trinajstić information content (AvgIpc) is 3.20. The Morgan fingerprint density at radius 3 is 2.73 bits per heavy atom. The number of aromatic nitrogens is 2. The third kappa shape index (κ3) is 3.64. The number of H-pyrrole nitrogens is 1. The molecule has 5 nitrogen and oxygen atoms in total. The van der Waals surface area contributed by atoms with Gasteiger partial charge in [0.25, 0.3) is 0 Å². The Labute approximate surface area is 153 Å². The molecule has 0 bridgehead atoms. The fourth-order valence-electron chi connectivity index (χ4n) is 3.31. The monoisotopic (exact) mass is 349 g/mol. The number of hydrogen-bond donors (Lipinski definition) is 1. The number of benzene rings is 2. The predicted octanol–water partition coefficient (Wildman–Crippen LogP) is 3.66. The molecule has 1 aliphatic heterocycles. The van der Waals surface area contributed by atoms with E-state index in [-0.39, 0.29) is 6.04 Å². The van der Waals surface area contributed by atoms with Gasteiger partial charge >= 0.3 is 0 Å². The lowest BCUT2D eigenvalue weighted by Gasteiger charge is -2.34. The van der Waals surface area contributed by atoms with Crippen LogP contribution in [0.3, 0.4) is 0 Å². The third-order valence-corrected chi connectivity index (χ3v) is 4.78. The van der Waals surface area contributed by atoms with Crippen LogP contribution < -0.4 is 4.74 Å². The van der Waals surface area contributed by atoms with Gasteiger partial charge in [-0.25, -0.2) is 4.98 Å². The number of imidazole rings is 1. The van der Waals surface area contributed by atoms with Crippen molar-refractivity contribution in [1.82, 2.24) is 14.9 Å². The van der Waals surface area contributed by atoms with E-state index in [0.29, 0.717) is 6.61 Å². The number of methoxy groups -OCH3 is 1. The summed E-state index contributed by atoms with van der Waals surface area (Å²) in [5.74, 6) is 1.84. The minimum Gasteiger partial charge on any atom is -0.497 e. The van der Waals surface area contributed by atoms with Crippen molar-refractivity contribution in [2.24, 2.45) is 0 Å². The highest BCUT2D eigenvalue weighted by Gasteiger charge is 2.27. The van der Waals surface area contributed by atoms with Crippen LogP contribution in [0, 0.1) is 0 Å². The molecule has 1 N–H and O–H groups in total. The van der Waals surface area contributed by atoms with Gasteiger partial charge < -0.3 is 14.5 Å². The Balaban J connectivity index is 1.53. The van der Waals surface area contributed by atoms with Crippen LogP contribution in [0.25, 0.3) is 11.3 Å². The zero-order valence-electron chi connectivity index (χ0n) is 14.9. The molecule has 1 atom stereocenters. The lowest BCUT2D eigenvalue weighted by atomic mass is 10.1. The molecule has 1 aliphatic rings. The lowest BCUT2D eigenvalue weighted by molar-refractivity contribution is -0.0156. The van der Waals surface area contributed by atoms with Crippen molar-refractivity contribution in [2.75, 3.05) is 26.9 Å². The summed E-state index contributed by atoms with van der Waals surface area (Å²) in [7, 11) is 1.69. The Bertz CT molecular complexity index is 830. The molecule has 2 heterocycles. The van der Waals surface area contributed by atoms with E-state index < -0.39 is 0 Å². The second kappa shape index (κ2) is 7.72. The maximum absolute atomic E-state index is 5.73. The number of rotatable bonds is 5.